The minimum atomic E-state index is -3.69. The number of methoxy groups -OCH3 is 1. The standard InChI is InChI=1S/C22H24N2O4S/c1-16-3-5-17(6-4-16)15-28-21-12-7-18(13-22(21)27-2)14-24-19-8-10-20(11-9-19)29(23,25)26/h3-13,24H,14-15H2,1-2H3,(H2,23,25,26). The number of benzene rings is 3. The smallest absolute Gasteiger partial charge is 0.238 e. The summed E-state index contributed by atoms with van der Waals surface area (Å²) in [5, 5.41) is 8.35. The van der Waals surface area contributed by atoms with Crippen LogP contribution < -0.4 is 19.9 Å². The van der Waals surface area contributed by atoms with Crippen LogP contribution in [-0.4, -0.2) is 15.5 Å². The Morgan fingerprint density at radius 3 is 2.17 bits per heavy atom. The number of rotatable bonds is 8. The Hall–Kier alpha value is -3.03. The van der Waals surface area contributed by atoms with Crippen molar-refractivity contribution in [3.05, 3.63) is 83.4 Å². The monoisotopic (exact) mass is 412 g/mol. The molecule has 0 bridgehead atoms. The van der Waals surface area contributed by atoms with Gasteiger partial charge in [0.15, 0.2) is 11.5 Å². The number of primary sulfonamides is 1. The fourth-order valence-corrected chi connectivity index (χ4v) is 3.27. The normalized spacial score (nSPS) is 11.1. The maximum atomic E-state index is 11.3. The van der Waals surface area contributed by atoms with Crippen LogP contribution in [0.5, 0.6) is 11.5 Å². The second kappa shape index (κ2) is 8.98. The van der Waals surface area contributed by atoms with Crippen molar-refractivity contribution in [2.45, 2.75) is 25.0 Å². The number of nitrogens with one attached hydrogen (secondary N) is 1. The lowest BCUT2D eigenvalue weighted by Gasteiger charge is -2.13. The number of aryl methyl sites for hydroxylation is 1. The van der Waals surface area contributed by atoms with E-state index in [0.717, 1.165) is 16.8 Å². The van der Waals surface area contributed by atoms with Gasteiger partial charge in [-0.15, -0.1) is 0 Å². The largest absolute Gasteiger partial charge is 0.493 e. The van der Waals surface area contributed by atoms with E-state index in [1.165, 1.54) is 17.7 Å². The van der Waals surface area contributed by atoms with Gasteiger partial charge in [0.25, 0.3) is 0 Å². The van der Waals surface area contributed by atoms with Gasteiger partial charge < -0.3 is 14.8 Å². The Bertz CT molecular complexity index is 1060. The number of nitrogens with two attached hydrogens (primary N) is 1. The molecule has 0 saturated heterocycles. The SMILES string of the molecule is COc1cc(CNc2ccc(S(N)(=O)=O)cc2)ccc1OCc1ccc(C)cc1. The maximum absolute atomic E-state index is 11.3. The number of hydrogen-bond donors (Lipinski definition) is 2. The Kier molecular flexibility index (Phi) is 6.41. The molecular weight excluding hydrogens is 388 g/mol. The molecule has 0 aromatic heterocycles. The second-order valence-electron chi connectivity index (χ2n) is 6.68. The summed E-state index contributed by atoms with van der Waals surface area (Å²) >= 11 is 0. The number of ether oxygens (including phenoxy) is 2. The van der Waals surface area contributed by atoms with E-state index in [1.807, 2.05) is 30.3 Å². The van der Waals surface area contributed by atoms with Crippen molar-refractivity contribution >= 4 is 15.7 Å². The first kappa shape index (κ1) is 20.7. The highest BCUT2D eigenvalue weighted by Crippen LogP contribution is 2.29. The number of anilines is 1. The molecule has 152 valence electrons. The molecule has 6 nitrogen and oxygen atoms in total. The molecule has 0 aliphatic rings. The molecule has 3 rings (SSSR count). The maximum Gasteiger partial charge on any atom is 0.238 e. The van der Waals surface area contributed by atoms with Gasteiger partial charge in [0, 0.05) is 12.2 Å². The second-order valence-corrected chi connectivity index (χ2v) is 8.24. The first-order valence-corrected chi connectivity index (χ1v) is 10.6. The molecule has 3 N–H and O–H groups in total. The Morgan fingerprint density at radius 1 is 0.897 bits per heavy atom. The first-order valence-electron chi connectivity index (χ1n) is 9.07. The van der Waals surface area contributed by atoms with Crippen molar-refractivity contribution in [1.82, 2.24) is 0 Å². The lowest BCUT2D eigenvalue weighted by Crippen LogP contribution is -2.12. The molecule has 0 saturated carbocycles. The lowest BCUT2D eigenvalue weighted by atomic mass is 10.1. The van der Waals surface area contributed by atoms with E-state index in [0.29, 0.717) is 24.7 Å². The van der Waals surface area contributed by atoms with E-state index in [2.05, 4.69) is 24.4 Å². The predicted molar refractivity (Wildman–Crippen MR) is 114 cm³/mol. The van der Waals surface area contributed by atoms with Gasteiger partial charge in [-0.3, -0.25) is 0 Å². The van der Waals surface area contributed by atoms with Gasteiger partial charge in [-0.2, -0.15) is 0 Å². The van der Waals surface area contributed by atoms with Gasteiger partial charge in [0.2, 0.25) is 10.0 Å². The third kappa shape index (κ3) is 5.73. The minimum absolute atomic E-state index is 0.0831. The van der Waals surface area contributed by atoms with E-state index in [4.69, 9.17) is 14.6 Å². The predicted octanol–water partition coefficient (Wildman–Crippen LogP) is 3.84. The summed E-state index contributed by atoms with van der Waals surface area (Å²) in [4.78, 5) is 0.0831. The van der Waals surface area contributed by atoms with Gasteiger partial charge in [0.1, 0.15) is 6.61 Å². The third-order valence-corrected chi connectivity index (χ3v) is 5.35. The molecule has 3 aromatic rings. The van der Waals surface area contributed by atoms with Crippen LogP contribution in [0.15, 0.2) is 71.6 Å². The number of hydrogen-bond acceptors (Lipinski definition) is 5. The van der Waals surface area contributed by atoms with Crippen molar-refractivity contribution in [3.8, 4) is 11.5 Å². The summed E-state index contributed by atoms with van der Waals surface area (Å²) in [6, 6.07) is 20.2. The fraction of sp³-hybridized carbons (Fsp3) is 0.182. The van der Waals surface area contributed by atoms with E-state index < -0.39 is 10.0 Å². The Labute approximate surface area is 171 Å². The minimum Gasteiger partial charge on any atom is -0.493 e. The molecule has 0 radical (unpaired) electrons. The average Bonchev–Trinajstić information content (AvgIpc) is 2.71. The molecule has 0 spiro atoms. The summed E-state index contributed by atoms with van der Waals surface area (Å²) < 4.78 is 34.0. The zero-order chi connectivity index (χ0) is 20.9. The highest BCUT2D eigenvalue weighted by Gasteiger charge is 2.08. The Balaban J connectivity index is 1.63. The van der Waals surface area contributed by atoms with Crippen LogP contribution in [0.2, 0.25) is 0 Å². The molecule has 0 unspecified atom stereocenters. The molecule has 0 amide bonds. The molecule has 0 fully saturated rings. The van der Waals surface area contributed by atoms with Crippen LogP contribution in [0.25, 0.3) is 0 Å². The summed E-state index contributed by atoms with van der Waals surface area (Å²) in [5.41, 5.74) is 4.09. The molecule has 0 heterocycles. The van der Waals surface area contributed by atoms with Crippen molar-refractivity contribution in [1.29, 1.82) is 0 Å². The molecule has 3 aromatic carbocycles. The van der Waals surface area contributed by atoms with Gasteiger partial charge in [-0.1, -0.05) is 35.9 Å². The topological polar surface area (TPSA) is 90.6 Å². The average molecular weight is 413 g/mol. The molecule has 0 aliphatic carbocycles. The molecular formula is C22H24N2O4S. The summed E-state index contributed by atoms with van der Waals surface area (Å²) in [5.74, 6) is 1.33. The fourth-order valence-electron chi connectivity index (χ4n) is 2.75. The van der Waals surface area contributed by atoms with Crippen LogP contribution in [0, 0.1) is 6.92 Å². The first-order chi connectivity index (χ1) is 13.8. The van der Waals surface area contributed by atoms with Gasteiger partial charge in [-0.05, 0) is 54.4 Å². The van der Waals surface area contributed by atoms with Crippen LogP contribution in [0.1, 0.15) is 16.7 Å². The van der Waals surface area contributed by atoms with Crippen molar-refractivity contribution in [3.63, 3.8) is 0 Å². The number of sulfonamides is 1. The zero-order valence-corrected chi connectivity index (χ0v) is 17.2. The Morgan fingerprint density at radius 2 is 1.55 bits per heavy atom. The summed E-state index contributed by atoms with van der Waals surface area (Å²) in [7, 11) is -2.08. The highest BCUT2D eigenvalue weighted by molar-refractivity contribution is 7.89. The van der Waals surface area contributed by atoms with Crippen LogP contribution in [0.4, 0.5) is 5.69 Å². The van der Waals surface area contributed by atoms with Crippen molar-refractivity contribution in [2.75, 3.05) is 12.4 Å². The van der Waals surface area contributed by atoms with Crippen LogP contribution in [-0.2, 0) is 23.2 Å². The highest BCUT2D eigenvalue weighted by atomic mass is 32.2. The van der Waals surface area contributed by atoms with E-state index in [1.54, 1.807) is 19.2 Å². The summed E-state index contributed by atoms with van der Waals surface area (Å²) in [6.45, 7) is 3.06. The molecule has 0 aliphatic heterocycles. The quantitative estimate of drug-likeness (QED) is 0.587. The molecule has 7 heteroatoms. The van der Waals surface area contributed by atoms with Crippen molar-refractivity contribution < 1.29 is 17.9 Å². The summed E-state index contributed by atoms with van der Waals surface area (Å²) in [6.07, 6.45) is 0. The van der Waals surface area contributed by atoms with E-state index in [-0.39, 0.29) is 4.90 Å². The lowest BCUT2D eigenvalue weighted by molar-refractivity contribution is 0.284. The van der Waals surface area contributed by atoms with Crippen molar-refractivity contribution in [2.24, 2.45) is 5.14 Å². The van der Waals surface area contributed by atoms with Crippen LogP contribution >= 0.6 is 0 Å². The molecule has 0 atom stereocenters. The zero-order valence-electron chi connectivity index (χ0n) is 16.4. The van der Waals surface area contributed by atoms with E-state index >= 15 is 0 Å². The van der Waals surface area contributed by atoms with Crippen LogP contribution in [0.3, 0.4) is 0 Å². The molecule has 29 heavy (non-hydrogen) atoms. The van der Waals surface area contributed by atoms with E-state index in [9.17, 15) is 8.42 Å². The van der Waals surface area contributed by atoms with Gasteiger partial charge in [0.05, 0.1) is 12.0 Å². The third-order valence-electron chi connectivity index (χ3n) is 4.42. The van der Waals surface area contributed by atoms with Gasteiger partial charge in [-0.25, -0.2) is 13.6 Å². The van der Waals surface area contributed by atoms with Gasteiger partial charge >= 0.3 is 0 Å².